The maximum Gasteiger partial charge on any atom is 0.331 e. The highest BCUT2D eigenvalue weighted by Gasteiger charge is 2.39. The number of carbonyl (C=O) groups is 3. The molecule has 0 saturated carbocycles. The fraction of sp³-hybridized carbons (Fsp3) is 0.429. The number of urea groups is 1. The Hall–Kier alpha value is -2.48. The van der Waals surface area contributed by atoms with Gasteiger partial charge in [-0.15, -0.1) is 0 Å². The molecule has 118 valence electrons. The normalized spacial score (nSPS) is 19.0. The number of amides is 4. The number of imide groups is 2. The quantitative estimate of drug-likeness (QED) is 0.451. The molecule has 1 atom stereocenters. The van der Waals surface area contributed by atoms with Gasteiger partial charge in [0, 0.05) is 12.8 Å². The van der Waals surface area contributed by atoms with Crippen LogP contribution in [0.15, 0.2) is 27.8 Å². The fourth-order valence-electron chi connectivity index (χ4n) is 1.91. The summed E-state index contributed by atoms with van der Waals surface area (Å²) in [7, 11) is 0. The van der Waals surface area contributed by atoms with Crippen molar-refractivity contribution in [3.05, 3.63) is 24.2 Å². The van der Waals surface area contributed by atoms with Crippen LogP contribution in [0.5, 0.6) is 0 Å². The van der Waals surface area contributed by atoms with Gasteiger partial charge in [0.1, 0.15) is 5.76 Å². The van der Waals surface area contributed by atoms with E-state index < -0.39 is 23.8 Å². The van der Waals surface area contributed by atoms with Gasteiger partial charge in [-0.1, -0.05) is 0 Å². The molecule has 0 aliphatic carbocycles. The first-order valence-electron chi connectivity index (χ1n) is 6.89. The van der Waals surface area contributed by atoms with Crippen molar-refractivity contribution in [1.82, 2.24) is 10.2 Å². The van der Waals surface area contributed by atoms with E-state index in [9.17, 15) is 14.4 Å². The number of hydrogen-bond acceptors (Lipinski definition) is 6. The van der Waals surface area contributed by atoms with Crippen LogP contribution in [0.1, 0.15) is 12.7 Å². The lowest BCUT2D eigenvalue weighted by Gasteiger charge is -2.27. The summed E-state index contributed by atoms with van der Waals surface area (Å²) in [5, 5.41) is 2.14. The lowest BCUT2D eigenvalue weighted by atomic mass is 10.1. The van der Waals surface area contributed by atoms with Gasteiger partial charge in [-0.05, 0) is 19.1 Å². The largest absolute Gasteiger partial charge is 0.467 e. The van der Waals surface area contributed by atoms with Crippen LogP contribution in [0.3, 0.4) is 0 Å². The van der Waals surface area contributed by atoms with E-state index in [1.165, 1.54) is 12.5 Å². The molecule has 22 heavy (non-hydrogen) atoms. The van der Waals surface area contributed by atoms with E-state index in [4.69, 9.17) is 9.15 Å². The Morgan fingerprint density at radius 2 is 2.27 bits per heavy atom. The summed E-state index contributed by atoms with van der Waals surface area (Å²) in [6, 6.07) is 2.53. The standard InChI is InChI=1S/C14H17N3O5/c1-2-21-7-5-15-8-11-12(18)16-14(20)17(13(11)19)9-10-4-3-6-22-10/h3-4,6,8,11H,2,5,7,9H2,1H3,(H,16,18,20). The van der Waals surface area contributed by atoms with Crippen molar-refractivity contribution < 1.29 is 23.5 Å². The van der Waals surface area contributed by atoms with E-state index in [0.29, 0.717) is 25.5 Å². The Labute approximate surface area is 127 Å². The lowest BCUT2D eigenvalue weighted by molar-refractivity contribution is -0.139. The molecular weight excluding hydrogens is 290 g/mol. The molecule has 1 aromatic heterocycles. The SMILES string of the molecule is CCOCCN=CC1C(=O)NC(=O)N(Cc2ccco2)C1=O. The van der Waals surface area contributed by atoms with Gasteiger partial charge < -0.3 is 9.15 Å². The van der Waals surface area contributed by atoms with Gasteiger partial charge in [0.15, 0.2) is 5.92 Å². The molecule has 4 amide bonds. The molecule has 1 aliphatic heterocycles. The maximum absolute atomic E-state index is 12.3. The van der Waals surface area contributed by atoms with Crippen LogP contribution in [0.2, 0.25) is 0 Å². The first-order chi connectivity index (χ1) is 10.6. The van der Waals surface area contributed by atoms with E-state index in [2.05, 4.69) is 10.3 Å². The molecule has 0 aromatic carbocycles. The molecule has 2 rings (SSSR count). The molecule has 1 aromatic rings. The topological polar surface area (TPSA) is 101 Å². The number of nitrogens with one attached hydrogen (secondary N) is 1. The fourth-order valence-corrected chi connectivity index (χ4v) is 1.91. The first-order valence-corrected chi connectivity index (χ1v) is 6.89. The summed E-state index contributed by atoms with van der Waals surface area (Å²) in [5.41, 5.74) is 0. The van der Waals surface area contributed by atoms with E-state index in [1.807, 2.05) is 6.92 Å². The van der Waals surface area contributed by atoms with Gasteiger partial charge in [-0.2, -0.15) is 0 Å². The molecule has 1 aliphatic rings. The van der Waals surface area contributed by atoms with Crippen LogP contribution in [-0.4, -0.2) is 48.7 Å². The number of ether oxygens (including phenoxy) is 1. The third-order valence-electron chi connectivity index (χ3n) is 3.01. The number of carbonyl (C=O) groups excluding carboxylic acids is 3. The van der Waals surface area contributed by atoms with Crippen molar-refractivity contribution >= 4 is 24.1 Å². The Balaban J connectivity index is 2.02. The van der Waals surface area contributed by atoms with Gasteiger partial charge in [0.05, 0.1) is 26.0 Å². The van der Waals surface area contributed by atoms with E-state index >= 15 is 0 Å². The second-order valence-electron chi connectivity index (χ2n) is 4.53. The third kappa shape index (κ3) is 3.79. The lowest BCUT2D eigenvalue weighted by Crippen LogP contribution is -2.57. The van der Waals surface area contributed by atoms with Gasteiger partial charge in [-0.25, -0.2) is 4.79 Å². The van der Waals surface area contributed by atoms with Crippen molar-refractivity contribution in [2.75, 3.05) is 19.8 Å². The zero-order valence-corrected chi connectivity index (χ0v) is 12.2. The predicted octanol–water partition coefficient (Wildman–Crippen LogP) is 0.581. The number of nitrogens with zero attached hydrogens (tertiary/aromatic N) is 2. The summed E-state index contributed by atoms with van der Waals surface area (Å²) < 4.78 is 10.2. The Kier molecular flexibility index (Phi) is 5.42. The minimum Gasteiger partial charge on any atom is -0.467 e. The van der Waals surface area contributed by atoms with Gasteiger partial charge in [-0.3, -0.25) is 24.8 Å². The highest BCUT2D eigenvalue weighted by molar-refractivity contribution is 6.23. The maximum atomic E-state index is 12.3. The van der Waals surface area contributed by atoms with Gasteiger partial charge in [0.2, 0.25) is 11.8 Å². The highest BCUT2D eigenvalue weighted by atomic mass is 16.5. The van der Waals surface area contributed by atoms with Crippen LogP contribution >= 0.6 is 0 Å². The second-order valence-corrected chi connectivity index (χ2v) is 4.53. The molecule has 1 N–H and O–H groups in total. The van der Waals surface area contributed by atoms with Crippen LogP contribution in [0.25, 0.3) is 0 Å². The first kappa shape index (κ1) is 15.9. The van der Waals surface area contributed by atoms with Gasteiger partial charge in [0.25, 0.3) is 0 Å². The van der Waals surface area contributed by atoms with Crippen LogP contribution in [-0.2, 0) is 20.9 Å². The molecule has 1 unspecified atom stereocenters. The van der Waals surface area contributed by atoms with Crippen molar-refractivity contribution in [3.63, 3.8) is 0 Å². The summed E-state index contributed by atoms with van der Waals surface area (Å²) in [6.07, 6.45) is 2.69. The molecule has 0 radical (unpaired) electrons. The number of rotatable bonds is 7. The average Bonchev–Trinajstić information content (AvgIpc) is 2.99. The zero-order chi connectivity index (χ0) is 15.9. The number of barbiturate groups is 1. The predicted molar refractivity (Wildman–Crippen MR) is 76.1 cm³/mol. The molecule has 0 bridgehead atoms. The number of aliphatic imine (C=N–C) groups is 1. The molecule has 8 heteroatoms. The molecule has 0 spiro atoms. The Morgan fingerprint density at radius 3 is 2.95 bits per heavy atom. The highest BCUT2D eigenvalue weighted by Crippen LogP contribution is 2.13. The minimum absolute atomic E-state index is 0.0335. The van der Waals surface area contributed by atoms with Crippen molar-refractivity contribution in [3.8, 4) is 0 Å². The molecular formula is C14H17N3O5. The zero-order valence-electron chi connectivity index (χ0n) is 12.2. The average molecular weight is 307 g/mol. The molecule has 8 nitrogen and oxygen atoms in total. The molecule has 2 heterocycles. The van der Waals surface area contributed by atoms with Crippen LogP contribution in [0, 0.1) is 5.92 Å². The van der Waals surface area contributed by atoms with Gasteiger partial charge >= 0.3 is 6.03 Å². The van der Waals surface area contributed by atoms with E-state index in [0.717, 1.165) is 4.90 Å². The molecule has 1 fully saturated rings. The van der Waals surface area contributed by atoms with Crippen LogP contribution in [0.4, 0.5) is 4.79 Å². The van der Waals surface area contributed by atoms with Crippen molar-refractivity contribution in [2.45, 2.75) is 13.5 Å². The van der Waals surface area contributed by atoms with E-state index in [-0.39, 0.29) is 6.54 Å². The third-order valence-corrected chi connectivity index (χ3v) is 3.01. The smallest absolute Gasteiger partial charge is 0.331 e. The van der Waals surface area contributed by atoms with Crippen LogP contribution < -0.4 is 5.32 Å². The summed E-state index contributed by atoms with van der Waals surface area (Å²) in [6.45, 7) is 3.15. The number of furan rings is 1. The summed E-state index contributed by atoms with van der Waals surface area (Å²) in [5.74, 6) is -1.96. The van der Waals surface area contributed by atoms with Crippen molar-refractivity contribution in [1.29, 1.82) is 0 Å². The minimum atomic E-state index is -1.12. The second kappa shape index (κ2) is 7.51. The summed E-state index contributed by atoms with van der Waals surface area (Å²) in [4.78, 5) is 40.7. The monoisotopic (exact) mass is 307 g/mol. The Morgan fingerprint density at radius 1 is 1.45 bits per heavy atom. The summed E-state index contributed by atoms with van der Waals surface area (Å²) >= 11 is 0. The number of hydrogen-bond donors (Lipinski definition) is 1. The van der Waals surface area contributed by atoms with Crippen molar-refractivity contribution in [2.24, 2.45) is 10.9 Å². The Bertz CT molecular complexity index is 567. The molecule has 1 saturated heterocycles. The van der Waals surface area contributed by atoms with E-state index in [1.54, 1.807) is 12.1 Å².